The lowest BCUT2D eigenvalue weighted by Gasteiger charge is -2.31. The summed E-state index contributed by atoms with van der Waals surface area (Å²) in [6, 6.07) is 16.6. The summed E-state index contributed by atoms with van der Waals surface area (Å²) in [5.41, 5.74) is 1.39. The monoisotopic (exact) mass is 592 g/mol. The van der Waals surface area contributed by atoms with E-state index in [0.29, 0.717) is 17.6 Å². The maximum absolute atomic E-state index is 10.9. The molecule has 2 aromatic heterocycles. The Bertz CT molecular complexity index is 1110. The van der Waals surface area contributed by atoms with Crippen LogP contribution in [0.4, 0.5) is 0 Å². The molecular weight excluding hydrogens is 560 g/mol. The van der Waals surface area contributed by atoms with E-state index in [4.69, 9.17) is 14.6 Å². The van der Waals surface area contributed by atoms with Gasteiger partial charge in [-0.15, -0.1) is 22.7 Å². The third-order valence-electron chi connectivity index (χ3n) is 6.65. The number of carboxylic acid groups (broad SMARTS) is 1. The second kappa shape index (κ2) is 13.3. The zero-order valence-electron chi connectivity index (χ0n) is 20.7. The van der Waals surface area contributed by atoms with Gasteiger partial charge in [-0.1, -0.05) is 12.1 Å². The molecule has 0 aliphatic carbocycles. The van der Waals surface area contributed by atoms with Gasteiger partial charge >= 0.3 is 5.97 Å². The predicted molar refractivity (Wildman–Crippen MR) is 150 cm³/mol. The van der Waals surface area contributed by atoms with Crippen molar-refractivity contribution in [2.75, 3.05) is 52.6 Å². The van der Waals surface area contributed by atoms with Gasteiger partial charge in [0.15, 0.2) is 0 Å². The maximum Gasteiger partial charge on any atom is 0.335 e. The molecule has 4 heterocycles. The van der Waals surface area contributed by atoms with Crippen LogP contribution in [0.15, 0.2) is 52.3 Å². The van der Waals surface area contributed by atoms with Crippen molar-refractivity contribution in [2.45, 2.75) is 25.9 Å². The van der Waals surface area contributed by atoms with Crippen LogP contribution >= 0.6 is 38.6 Å². The van der Waals surface area contributed by atoms with Crippen molar-refractivity contribution in [2.24, 2.45) is 0 Å². The number of halogens is 1. The fraction of sp³-hybridized carbons (Fsp3) is 0.444. The zero-order chi connectivity index (χ0) is 25.5. The van der Waals surface area contributed by atoms with E-state index in [1.807, 2.05) is 23.5 Å². The van der Waals surface area contributed by atoms with Crippen LogP contribution in [0.3, 0.4) is 0 Å². The van der Waals surface area contributed by atoms with Gasteiger partial charge in [0.1, 0.15) is 0 Å². The SMILES string of the molecule is CC(c1ccc(-c2ccc(C(=O)O)cc2)s1)N1CCOCC1.CC(c1ccc(Br)s1)N1CCOCC1. The van der Waals surface area contributed by atoms with Gasteiger partial charge in [0.2, 0.25) is 0 Å². The molecule has 2 fully saturated rings. The van der Waals surface area contributed by atoms with Crippen LogP contribution in [0.1, 0.15) is 46.0 Å². The molecule has 9 heteroatoms. The lowest BCUT2D eigenvalue weighted by Crippen LogP contribution is -2.37. The van der Waals surface area contributed by atoms with Crippen molar-refractivity contribution >= 4 is 44.6 Å². The number of nitrogens with zero attached hydrogens (tertiary/aromatic N) is 2. The first kappa shape index (κ1) is 27.4. The molecule has 2 atom stereocenters. The highest BCUT2D eigenvalue weighted by atomic mass is 79.9. The summed E-state index contributed by atoms with van der Waals surface area (Å²) in [5.74, 6) is -0.889. The van der Waals surface area contributed by atoms with Gasteiger partial charge in [-0.05, 0) is 71.7 Å². The average Bonchev–Trinajstić information content (AvgIpc) is 3.59. The second-order valence-electron chi connectivity index (χ2n) is 8.88. The van der Waals surface area contributed by atoms with Gasteiger partial charge < -0.3 is 14.6 Å². The van der Waals surface area contributed by atoms with Crippen LogP contribution in [0.25, 0.3) is 10.4 Å². The Labute approximate surface area is 229 Å². The third kappa shape index (κ3) is 7.25. The summed E-state index contributed by atoms with van der Waals surface area (Å²) in [4.78, 5) is 19.8. The number of hydrogen-bond acceptors (Lipinski definition) is 7. The minimum atomic E-state index is -0.889. The van der Waals surface area contributed by atoms with Crippen LogP contribution in [-0.4, -0.2) is 73.5 Å². The van der Waals surface area contributed by atoms with Gasteiger partial charge in [0, 0.05) is 52.9 Å². The molecule has 0 bridgehead atoms. The molecule has 0 spiro atoms. The topological polar surface area (TPSA) is 62.2 Å². The molecule has 0 radical (unpaired) electrons. The third-order valence-corrected chi connectivity index (χ3v) is 9.75. The maximum atomic E-state index is 10.9. The number of thiophene rings is 2. The van der Waals surface area contributed by atoms with E-state index < -0.39 is 5.97 Å². The molecule has 0 saturated carbocycles. The molecule has 5 rings (SSSR count). The van der Waals surface area contributed by atoms with E-state index >= 15 is 0 Å². The summed E-state index contributed by atoms with van der Waals surface area (Å²) >= 11 is 7.10. The molecule has 6 nitrogen and oxygen atoms in total. The van der Waals surface area contributed by atoms with Crippen LogP contribution < -0.4 is 0 Å². The number of morpholine rings is 2. The number of carboxylic acids is 1. The summed E-state index contributed by atoms with van der Waals surface area (Å²) in [5, 5.41) is 8.95. The van der Waals surface area contributed by atoms with E-state index in [1.54, 1.807) is 23.5 Å². The lowest BCUT2D eigenvalue weighted by molar-refractivity contribution is 0.0205. The Kier molecular flexibility index (Phi) is 10.1. The second-order valence-corrected chi connectivity index (χ2v) is 12.5. The van der Waals surface area contributed by atoms with E-state index in [-0.39, 0.29) is 0 Å². The number of carbonyl (C=O) groups is 1. The van der Waals surface area contributed by atoms with E-state index in [9.17, 15) is 4.79 Å². The van der Waals surface area contributed by atoms with Crippen LogP contribution in [0.5, 0.6) is 0 Å². The van der Waals surface area contributed by atoms with E-state index in [2.05, 4.69) is 63.8 Å². The van der Waals surface area contributed by atoms with Crippen molar-refractivity contribution in [1.82, 2.24) is 9.80 Å². The van der Waals surface area contributed by atoms with Gasteiger partial charge in [-0.2, -0.15) is 0 Å². The van der Waals surface area contributed by atoms with Crippen molar-refractivity contribution in [1.29, 1.82) is 0 Å². The molecule has 3 aromatic rings. The van der Waals surface area contributed by atoms with Crippen molar-refractivity contribution in [3.63, 3.8) is 0 Å². The molecule has 2 unspecified atom stereocenters. The smallest absolute Gasteiger partial charge is 0.335 e. The molecule has 1 aromatic carbocycles. The molecule has 194 valence electrons. The normalized spacial score (nSPS) is 18.8. The van der Waals surface area contributed by atoms with Crippen molar-refractivity contribution in [3.05, 3.63) is 67.6 Å². The fourth-order valence-corrected chi connectivity index (χ4v) is 6.96. The number of rotatable bonds is 6. The average molecular weight is 594 g/mol. The van der Waals surface area contributed by atoms with Crippen molar-refractivity contribution < 1.29 is 19.4 Å². The lowest BCUT2D eigenvalue weighted by atomic mass is 10.1. The Morgan fingerprint density at radius 3 is 1.78 bits per heavy atom. The van der Waals surface area contributed by atoms with Crippen molar-refractivity contribution in [3.8, 4) is 10.4 Å². The highest BCUT2D eigenvalue weighted by Gasteiger charge is 2.21. The Balaban J connectivity index is 0.000000187. The van der Waals surface area contributed by atoms with E-state index in [1.165, 1.54) is 18.4 Å². The Morgan fingerprint density at radius 1 is 0.806 bits per heavy atom. The number of ether oxygens (including phenoxy) is 2. The first-order valence-electron chi connectivity index (χ1n) is 12.2. The van der Waals surface area contributed by atoms with Gasteiger partial charge in [0.25, 0.3) is 0 Å². The van der Waals surface area contributed by atoms with Crippen LogP contribution in [0.2, 0.25) is 0 Å². The summed E-state index contributed by atoms with van der Waals surface area (Å²) in [6.07, 6.45) is 0. The quantitative estimate of drug-likeness (QED) is 0.357. The standard InChI is InChI=1S/C17H19NO3S.C10H14BrNOS/c1-12(18-8-10-21-11-9-18)15-6-7-16(22-15)13-2-4-14(5-3-13)17(19)20;1-8(9-2-3-10(11)14-9)12-4-6-13-7-5-12/h2-7,12H,8-11H2,1H3,(H,19,20);2-3,8H,4-7H2,1H3. The molecule has 0 amide bonds. The fourth-order valence-electron chi connectivity index (χ4n) is 4.35. The van der Waals surface area contributed by atoms with Crippen LogP contribution in [0, 0.1) is 0 Å². The van der Waals surface area contributed by atoms with Gasteiger partial charge in [0.05, 0.1) is 35.8 Å². The first-order valence-corrected chi connectivity index (χ1v) is 14.7. The molecule has 1 N–H and O–H groups in total. The summed E-state index contributed by atoms with van der Waals surface area (Å²) in [7, 11) is 0. The highest BCUT2D eigenvalue weighted by Crippen LogP contribution is 2.34. The Hall–Kier alpha value is -1.59. The largest absolute Gasteiger partial charge is 0.478 e. The number of hydrogen-bond donors (Lipinski definition) is 1. The Morgan fingerprint density at radius 2 is 1.31 bits per heavy atom. The molecule has 2 aliphatic rings. The van der Waals surface area contributed by atoms with Gasteiger partial charge in [-0.25, -0.2) is 4.79 Å². The molecule has 2 aliphatic heterocycles. The minimum absolute atomic E-state index is 0.321. The molecular formula is C27H33BrN2O4S2. The van der Waals surface area contributed by atoms with Crippen LogP contribution in [-0.2, 0) is 9.47 Å². The van der Waals surface area contributed by atoms with E-state index in [0.717, 1.165) is 58.2 Å². The summed E-state index contributed by atoms with van der Waals surface area (Å²) in [6.45, 7) is 11.9. The highest BCUT2D eigenvalue weighted by molar-refractivity contribution is 9.11. The first-order chi connectivity index (χ1) is 17.4. The van der Waals surface area contributed by atoms with Gasteiger partial charge in [-0.3, -0.25) is 9.80 Å². The molecule has 2 saturated heterocycles. The summed E-state index contributed by atoms with van der Waals surface area (Å²) < 4.78 is 12.0. The number of aromatic carboxylic acids is 1. The predicted octanol–water partition coefficient (Wildman–Crippen LogP) is 6.41. The molecule has 36 heavy (non-hydrogen) atoms. The zero-order valence-corrected chi connectivity index (χ0v) is 23.9. The minimum Gasteiger partial charge on any atom is -0.478 e. The number of benzene rings is 1.